The normalized spacial score (nSPS) is 29.7. The van der Waals surface area contributed by atoms with Crippen LogP contribution in [-0.4, -0.2) is 62.5 Å². The number of halogens is 3. The highest BCUT2D eigenvalue weighted by Gasteiger charge is 2.42. The number of carbonyl (C=O) groups excluding carboxylic acids is 1. The molecule has 6 nitrogen and oxygen atoms in total. The fraction of sp³-hybridized carbons (Fsp3) is 0.909. The Morgan fingerprint density at radius 3 is 2.62 bits per heavy atom. The number of nitrogens with one attached hydrogen (secondary N) is 2. The average Bonchev–Trinajstić information content (AvgIpc) is 2.69. The quantitative estimate of drug-likeness (QED) is 0.750. The van der Waals surface area contributed by atoms with Gasteiger partial charge in [0.05, 0.1) is 18.8 Å². The van der Waals surface area contributed by atoms with Crippen molar-refractivity contribution in [2.24, 2.45) is 0 Å². The number of carbonyl (C=O) groups is 1. The molecule has 1 amide bonds. The summed E-state index contributed by atoms with van der Waals surface area (Å²) in [4.78, 5) is 11.9. The predicted molar refractivity (Wildman–Crippen MR) is 76.2 cm³/mol. The molecule has 2 unspecified atom stereocenters. The number of hydrogen-bond acceptors (Lipinski definition) is 4. The summed E-state index contributed by atoms with van der Waals surface area (Å²) in [5.74, 6) is -3.34. The molecule has 0 aliphatic carbocycles. The van der Waals surface area contributed by atoms with Gasteiger partial charge >= 0.3 is 0 Å². The molecule has 2 saturated heterocycles. The topological polar surface area (TPSA) is 78.5 Å². The van der Waals surface area contributed by atoms with Gasteiger partial charge in [-0.25, -0.2) is 21.5 Å². The third-order valence-corrected chi connectivity index (χ3v) is 4.90. The summed E-state index contributed by atoms with van der Waals surface area (Å²) in [6.07, 6.45) is 1.91. The van der Waals surface area contributed by atoms with Gasteiger partial charge in [0.2, 0.25) is 15.9 Å². The lowest BCUT2D eigenvalue weighted by molar-refractivity contribution is -0.124. The Kier molecular flexibility index (Phi) is 5.93. The maximum Gasteiger partial charge on any atom is 0.262 e. The molecule has 2 aliphatic heterocycles. The monoisotopic (exact) mass is 347 g/mol. The van der Waals surface area contributed by atoms with Crippen LogP contribution >= 0.6 is 12.4 Å². The molecule has 124 valence electrons. The van der Waals surface area contributed by atoms with Crippen LogP contribution in [0.25, 0.3) is 0 Å². The van der Waals surface area contributed by atoms with E-state index < -0.39 is 40.9 Å². The Labute approximate surface area is 129 Å². The first kappa shape index (κ1) is 18.5. The van der Waals surface area contributed by atoms with E-state index in [1.165, 1.54) is 4.31 Å². The maximum absolute atomic E-state index is 13.0. The van der Waals surface area contributed by atoms with Crippen molar-refractivity contribution in [3.05, 3.63) is 0 Å². The number of amides is 1. The van der Waals surface area contributed by atoms with Gasteiger partial charge in [-0.3, -0.25) is 10.1 Å². The van der Waals surface area contributed by atoms with E-state index in [-0.39, 0.29) is 25.0 Å². The number of sulfonamides is 1. The van der Waals surface area contributed by atoms with Crippen molar-refractivity contribution >= 4 is 28.3 Å². The summed E-state index contributed by atoms with van der Waals surface area (Å²) in [6.45, 7) is 0.143. The molecule has 2 fully saturated rings. The number of piperidine rings is 1. The Hall–Kier alpha value is -0.510. The summed E-state index contributed by atoms with van der Waals surface area (Å²) in [5.41, 5.74) is 0. The van der Waals surface area contributed by atoms with Crippen molar-refractivity contribution in [1.29, 1.82) is 0 Å². The van der Waals surface area contributed by atoms with Crippen LogP contribution in [0.15, 0.2) is 0 Å². The fourth-order valence-corrected chi connectivity index (χ4v) is 3.48. The lowest BCUT2D eigenvalue weighted by Gasteiger charge is -2.31. The van der Waals surface area contributed by atoms with E-state index in [0.717, 1.165) is 6.26 Å². The van der Waals surface area contributed by atoms with Crippen molar-refractivity contribution in [3.63, 3.8) is 0 Å². The van der Waals surface area contributed by atoms with Crippen LogP contribution in [-0.2, 0) is 14.8 Å². The van der Waals surface area contributed by atoms with Crippen LogP contribution in [0, 0.1) is 0 Å². The van der Waals surface area contributed by atoms with Crippen molar-refractivity contribution in [2.75, 3.05) is 25.9 Å². The second-order valence-corrected chi connectivity index (χ2v) is 7.44. The first-order valence-electron chi connectivity index (χ1n) is 6.54. The average molecular weight is 348 g/mol. The molecule has 2 N–H and O–H groups in total. The van der Waals surface area contributed by atoms with E-state index >= 15 is 0 Å². The highest BCUT2D eigenvalue weighted by Crippen LogP contribution is 2.25. The molecule has 0 bridgehead atoms. The minimum Gasteiger partial charge on any atom is -0.351 e. The molecule has 10 heteroatoms. The largest absolute Gasteiger partial charge is 0.351 e. The van der Waals surface area contributed by atoms with Crippen LogP contribution in [0.5, 0.6) is 0 Å². The Morgan fingerprint density at radius 2 is 2.10 bits per heavy atom. The highest BCUT2D eigenvalue weighted by molar-refractivity contribution is 7.88. The van der Waals surface area contributed by atoms with Crippen molar-refractivity contribution in [2.45, 2.75) is 37.3 Å². The summed E-state index contributed by atoms with van der Waals surface area (Å²) < 4.78 is 50.3. The van der Waals surface area contributed by atoms with Gasteiger partial charge in [0, 0.05) is 25.6 Å². The third-order valence-electron chi connectivity index (χ3n) is 3.63. The Balaban J connectivity index is 0.00000220. The maximum atomic E-state index is 13.0. The molecule has 0 aromatic rings. The fourth-order valence-electron chi connectivity index (χ4n) is 2.56. The van der Waals surface area contributed by atoms with Crippen LogP contribution in [0.2, 0.25) is 0 Å². The van der Waals surface area contributed by atoms with Gasteiger partial charge in [-0.05, 0) is 12.8 Å². The molecule has 0 saturated carbocycles. The first-order chi connectivity index (χ1) is 9.17. The summed E-state index contributed by atoms with van der Waals surface area (Å²) in [5, 5.41) is 5.14. The number of rotatable bonds is 3. The van der Waals surface area contributed by atoms with Gasteiger partial charge in [-0.1, -0.05) is 0 Å². The molecule has 2 heterocycles. The molecule has 2 aliphatic rings. The van der Waals surface area contributed by atoms with Crippen LogP contribution in [0.3, 0.4) is 0 Å². The zero-order valence-corrected chi connectivity index (χ0v) is 13.3. The zero-order valence-electron chi connectivity index (χ0n) is 11.6. The molecule has 0 spiro atoms. The standard InChI is InChI=1S/C11H19F2N3O3S.ClH/c1-20(18,19)16-4-2-3-8(6-16)15-10(17)9-5-11(12,13)7-14-9;/h8-9,14H,2-7H2,1H3,(H,15,17);1H. The molecular formula is C11H20ClF2N3O3S. The third kappa shape index (κ3) is 5.01. The lowest BCUT2D eigenvalue weighted by Crippen LogP contribution is -2.52. The molecular weight excluding hydrogens is 328 g/mol. The molecule has 0 aromatic heterocycles. The van der Waals surface area contributed by atoms with Gasteiger partial charge in [0.25, 0.3) is 5.92 Å². The second kappa shape index (κ2) is 6.72. The van der Waals surface area contributed by atoms with Gasteiger partial charge < -0.3 is 5.32 Å². The van der Waals surface area contributed by atoms with E-state index in [2.05, 4.69) is 10.6 Å². The van der Waals surface area contributed by atoms with E-state index in [4.69, 9.17) is 0 Å². The van der Waals surface area contributed by atoms with Crippen molar-refractivity contribution in [3.8, 4) is 0 Å². The van der Waals surface area contributed by atoms with Gasteiger partial charge in [0.15, 0.2) is 0 Å². The molecule has 21 heavy (non-hydrogen) atoms. The van der Waals surface area contributed by atoms with Crippen LogP contribution in [0.4, 0.5) is 8.78 Å². The molecule has 2 rings (SSSR count). The van der Waals surface area contributed by atoms with E-state index in [0.29, 0.717) is 19.4 Å². The molecule has 0 aromatic carbocycles. The lowest BCUT2D eigenvalue weighted by atomic mass is 10.1. The Bertz CT molecular complexity index is 489. The van der Waals surface area contributed by atoms with Gasteiger partial charge in [0.1, 0.15) is 0 Å². The summed E-state index contributed by atoms with van der Waals surface area (Å²) in [7, 11) is -3.29. The summed E-state index contributed by atoms with van der Waals surface area (Å²) >= 11 is 0. The van der Waals surface area contributed by atoms with E-state index in [1.807, 2.05) is 0 Å². The molecule has 2 atom stereocenters. The smallest absolute Gasteiger partial charge is 0.262 e. The van der Waals surface area contributed by atoms with Crippen LogP contribution < -0.4 is 10.6 Å². The van der Waals surface area contributed by atoms with Crippen LogP contribution in [0.1, 0.15) is 19.3 Å². The Morgan fingerprint density at radius 1 is 1.43 bits per heavy atom. The highest BCUT2D eigenvalue weighted by atomic mass is 35.5. The molecule has 0 radical (unpaired) electrons. The second-order valence-electron chi connectivity index (χ2n) is 5.46. The van der Waals surface area contributed by atoms with E-state index in [9.17, 15) is 22.0 Å². The zero-order chi connectivity index (χ0) is 15.0. The van der Waals surface area contributed by atoms with Gasteiger partial charge in [-0.15, -0.1) is 12.4 Å². The summed E-state index contributed by atoms with van der Waals surface area (Å²) in [6, 6.07) is -1.22. The minimum atomic E-state index is -3.29. The van der Waals surface area contributed by atoms with Crippen molar-refractivity contribution < 1.29 is 22.0 Å². The predicted octanol–water partition coefficient (Wildman–Crippen LogP) is -0.0544. The first-order valence-corrected chi connectivity index (χ1v) is 8.39. The number of alkyl halides is 2. The minimum absolute atomic E-state index is 0. The van der Waals surface area contributed by atoms with Gasteiger partial charge in [-0.2, -0.15) is 0 Å². The number of nitrogens with zero attached hydrogens (tertiary/aromatic N) is 1. The number of hydrogen-bond donors (Lipinski definition) is 2. The van der Waals surface area contributed by atoms with Crippen molar-refractivity contribution in [1.82, 2.24) is 14.9 Å². The SMILES string of the molecule is CS(=O)(=O)N1CCCC(NC(=O)C2CC(F)(F)CN2)C1.Cl. The van der Waals surface area contributed by atoms with E-state index in [1.54, 1.807) is 0 Å².